The Balaban J connectivity index is 2.20. The Hall–Kier alpha value is -0.273. The van der Waals surface area contributed by atoms with Crippen molar-refractivity contribution in [3.8, 4) is 0 Å². The standard InChI is InChI=1S/C21H42O5Si/c1-8-21(9-2)24-16-19(26-21)15-18(23)14-17(22)12-10-11-13-25-27(6,7)20(3,4)5/h18-19,23H,8-16H2,1-7H3. The number of carbonyl (C=O) groups excluding carboxylic acids is 1. The number of rotatable bonds is 12. The smallest absolute Gasteiger partial charge is 0.191 e. The van der Waals surface area contributed by atoms with Gasteiger partial charge in [-0.2, -0.15) is 0 Å². The van der Waals surface area contributed by atoms with Gasteiger partial charge in [-0.1, -0.05) is 34.6 Å². The molecule has 1 aliphatic heterocycles. The fourth-order valence-electron chi connectivity index (χ4n) is 3.07. The first kappa shape index (κ1) is 24.8. The number of hydrogen-bond donors (Lipinski definition) is 1. The van der Waals surface area contributed by atoms with Gasteiger partial charge in [0.25, 0.3) is 0 Å². The highest BCUT2D eigenvalue weighted by Crippen LogP contribution is 2.36. The number of Topliss-reactive ketones (excluding diaryl/α,β-unsaturated/α-hetero) is 1. The molecule has 0 amide bonds. The Morgan fingerprint density at radius 3 is 2.41 bits per heavy atom. The molecule has 1 rings (SSSR count). The van der Waals surface area contributed by atoms with Crippen LogP contribution in [0.2, 0.25) is 18.1 Å². The molecule has 27 heavy (non-hydrogen) atoms. The Labute approximate surface area is 167 Å². The van der Waals surface area contributed by atoms with Crippen molar-refractivity contribution in [2.24, 2.45) is 0 Å². The topological polar surface area (TPSA) is 65.0 Å². The lowest BCUT2D eigenvalue weighted by Gasteiger charge is -2.36. The SMILES string of the molecule is CCC1(CC)OCC(CC(O)CC(=O)CCCCO[Si](C)(C)C(C)(C)C)O1. The van der Waals surface area contributed by atoms with Crippen molar-refractivity contribution >= 4 is 14.1 Å². The zero-order chi connectivity index (χ0) is 20.7. The minimum absolute atomic E-state index is 0.117. The third kappa shape index (κ3) is 7.93. The fourth-order valence-corrected chi connectivity index (χ4v) is 4.16. The highest BCUT2D eigenvalue weighted by atomic mass is 28.4. The van der Waals surface area contributed by atoms with Crippen LogP contribution in [0, 0.1) is 0 Å². The summed E-state index contributed by atoms with van der Waals surface area (Å²) in [4.78, 5) is 12.1. The number of hydrogen-bond acceptors (Lipinski definition) is 5. The monoisotopic (exact) mass is 402 g/mol. The van der Waals surface area contributed by atoms with E-state index in [4.69, 9.17) is 13.9 Å². The first-order valence-corrected chi connectivity index (χ1v) is 13.5. The molecule has 160 valence electrons. The zero-order valence-electron chi connectivity index (χ0n) is 18.6. The highest BCUT2D eigenvalue weighted by molar-refractivity contribution is 6.74. The van der Waals surface area contributed by atoms with E-state index < -0.39 is 20.2 Å². The average molecular weight is 403 g/mol. The van der Waals surface area contributed by atoms with Gasteiger partial charge in [-0.05, 0) is 43.8 Å². The molecule has 1 aliphatic rings. The van der Waals surface area contributed by atoms with Crippen LogP contribution in [0.25, 0.3) is 0 Å². The molecule has 0 radical (unpaired) electrons. The lowest BCUT2D eigenvalue weighted by molar-refractivity contribution is -0.174. The Kier molecular flexibility index (Phi) is 9.62. The summed E-state index contributed by atoms with van der Waals surface area (Å²) < 4.78 is 17.9. The number of unbranched alkanes of at least 4 members (excludes halogenated alkanes) is 1. The Morgan fingerprint density at radius 2 is 1.89 bits per heavy atom. The molecule has 0 saturated carbocycles. The molecule has 1 fully saturated rings. The second kappa shape index (κ2) is 10.5. The Morgan fingerprint density at radius 1 is 1.26 bits per heavy atom. The summed E-state index contributed by atoms with van der Waals surface area (Å²) in [6.45, 7) is 16.5. The van der Waals surface area contributed by atoms with Crippen LogP contribution in [-0.4, -0.2) is 50.4 Å². The molecule has 1 N–H and O–H groups in total. The van der Waals surface area contributed by atoms with Gasteiger partial charge in [-0.15, -0.1) is 0 Å². The molecule has 2 unspecified atom stereocenters. The molecule has 6 heteroatoms. The van der Waals surface area contributed by atoms with E-state index in [1.54, 1.807) is 0 Å². The van der Waals surface area contributed by atoms with Crippen LogP contribution in [0.4, 0.5) is 0 Å². The van der Waals surface area contributed by atoms with Gasteiger partial charge >= 0.3 is 0 Å². The summed E-state index contributed by atoms with van der Waals surface area (Å²) in [5, 5.41) is 10.4. The number of aliphatic hydroxyl groups is 1. The van der Waals surface area contributed by atoms with Crippen molar-refractivity contribution in [3.05, 3.63) is 0 Å². The van der Waals surface area contributed by atoms with E-state index in [1.807, 2.05) is 13.8 Å². The van der Waals surface area contributed by atoms with Gasteiger partial charge in [0.05, 0.1) is 18.8 Å². The van der Waals surface area contributed by atoms with Crippen LogP contribution in [-0.2, 0) is 18.7 Å². The van der Waals surface area contributed by atoms with Crippen LogP contribution < -0.4 is 0 Å². The molecule has 2 atom stereocenters. The van der Waals surface area contributed by atoms with Crippen LogP contribution >= 0.6 is 0 Å². The molecule has 1 saturated heterocycles. The molecule has 5 nitrogen and oxygen atoms in total. The molecular weight excluding hydrogens is 360 g/mol. The first-order chi connectivity index (χ1) is 12.4. The molecule has 1 heterocycles. The average Bonchev–Trinajstić information content (AvgIpc) is 2.96. The maximum Gasteiger partial charge on any atom is 0.191 e. The third-order valence-corrected chi connectivity index (χ3v) is 10.6. The quantitative estimate of drug-likeness (QED) is 0.374. The maximum atomic E-state index is 12.1. The maximum absolute atomic E-state index is 12.1. The van der Waals surface area contributed by atoms with Gasteiger partial charge in [-0.25, -0.2) is 0 Å². The summed E-state index contributed by atoms with van der Waals surface area (Å²) in [5.41, 5.74) is 0. The fraction of sp³-hybridized carbons (Fsp3) is 0.952. The van der Waals surface area contributed by atoms with Crippen LogP contribution in [0.3, 0.4) is 0 Å². The predicted octanol–water partition coefficient (Wildman–Crippen LogP) is 4.82. The van der Waals surface area contributed by atoms with Crippen LogP contribution in [0.15, 0.2) is 0 Å². The van der Waals surface area contributed by atoms with E-state index in [0.717, 1.165) is 32.3 Å². The normalized spacial score (nSPS) is 21.4. The lowest BCUT2D eigenvalue weighted by atomic mass is 10.0. The van der Waals surface area contributed by atoms with Crippen molar-refractivity contribution in [1.82, 2.24) is 0 Å². The van der Waals surface area contributed by atoms with E-state index in [9.17, 15) is 9.90 Å². The van der Waals surface area contributed by atoms with Gasteiger partial charge in [0.2, 0.25) is 0 Å². The van der Waals surface area contributed by atoms with Gasteiger partial charge in [0, 0.05) is 25.9 Å². The number of ketones is 1. The van der Waals surface area contributed by atoms with Crippen LogP contribution in [0.5, 0.6) is 0 Å². The number of carbonyl (C=O) groups is 1. The molecule has 0 aromatic carbocycles. The van der Waals surface area contributed by atoms with Gasteiger partial charge in [-0.3, -0.25) is 4.79 Å². The van der Waals surface area contributed by atoms with Crippen molar-refractivity contribution < 1.29 is 23.8 Å². The second-order valence-corrected chi connectivity index (χ2v) is 14.2. The van der Waals surface area contributed by atoms with Gasteiger partial charge < -0.3 is 19.0 Å². The van der Waals surface area contributed by atoms with Gasteiger partial charge in [0.15, 0.2) is 14.1 Å². The van der Waals surface area contributed by atoms with E-state index in [-0.39, 0.29) is 23.3 Å². The summed E-state index contributed by atoms with van der Waals surface area (Å²) in [6, 6.07) is 0. The molecule has 0 aliphatic carbocycles. The lowest BCUT2D eigenvalue weighted by Crippen LogP contribution is -2.40. The molecule has 0 spiro atoms. The van der Waals surface area contributed by atoms with Crippen molar-refractivity contribution in [3.63, 3.8) is 0 Å². The molecule has 0 bridgehead atoms. The van der Waals surface area contributed by atoms with Crippen LogP contribution in [0.1, 0.15) is 79.6 Å². The summed E-state index contributed by atoms with van der Waals surface area (Å²) in [5.74, 6) is -0.385. The van der Waals surface area contributed by atoms with Crippen molar-refractivity contribution in [2.75, 3.05) is 13.2 Å². The van der Waals surface area contributed by atoms with Crippen molar-refractivity contribution in [1.29, 1.82) is 0 Å². The minimum atomic E-state index is -1.70. The summed E-state index contributed by atoms with van der Waals surface area (Å²) >= 11 is 0. The zero-order valence-corrected chi connectivity index (χ0v) is 19.6. The number of aliphatic hydroxyl groups excluding tert-OH is 1. The van der Waals surface area contributed by atoms with Gasteiger partial charge in [0.1, 0.15) is 5.78 Å². The highest BCUT2D eigenvalue weighted by Gasteiger charge is 2.39. The van der Waals surface area contributed by atoms with E-state index in [2.05, 4.69) is 33.9 Å². The van der Waals surface area contributed by atoms with E-state index in [1.165, 1.54) is 0 Å². The summed E-state index contributed by atoms with van der Waals surface area (Å²) in [6.07, 6.45) is 3.70. The second-order valence-electron chi connectivity index (χ2n) is 9.37. The summed E-state index contributed by atoms with van der Waals surface area (Å²) in [7, 11) is -1.70. The third-order valence-electron chi connectivity index (χ3n) is 6.11. The van der Waals surface area contributed by atoms with E-state index in [0.29, 0.717) is 19.4 Å². The van der Waals surface area contributed by atoms with E-state index >= 15 is 0 Å². The first-order valence-electron chi connectivity index (χ1n) is 10.6. The molecular formula is C21H42O5Si. The molecule has 0 aromatic heterocycles. The minimum Gasteiger partial charge on any atom is -0.417 e. The number of ether oxygens (including phenoxy) is 2. The largest absolute Gasteiger partial charge is 0.417 e. The molecule has 0 aromatic rings. The Bertz CT molecular complexity index is 454. The predicted molar refractivity (Wildman–Crippen MR) is 111 cm³/mol. The van der Waals surface area contributed by atoms with Crippen molar-refractivity contribution in [2.45, 2.75) is 116 Å².